The molecule has 1 heterocycles. The number of thiazole rings is 1. The number of hydrogen-bond acceptors (Lipinski definition) is 5. The minimum Gasteiger partial charge on any atom is -0.346 e. The Kier molecular flexibility index (Phi) is 6.23. The van der Waals surface area contributed by atoms with E-state index in [1.165, 1.54) is 11.8 Å². The van der Waals surface area contributed by atoms with Gasteiger partial charge in [0.2, 0.25) is 0 Å². The first kappa shape index (κ1) is 19.9. The fraction of sp³-hybridized carbons (Fsp3) is 0.0417. The Morgan fingerprint density at radius 2 is 1.67 bits per heavy atom. The molecule has 0 atom stereocenters. The average Bonchev–Trinajstić information content (AvgIpc) is 3.28. The molecule has 0 saturated carbocycles. The van der Waals surface area contributed by atoms with Crippen LogP contribution in [0.5, 0.6) is 0 Å². The maximum absolute atomic E-state index is 12.8. The van der Waals surface area contributed by atoms with Crippen molar-refractivity contribution in [3.8, 4) is 16.6 Å². The van der Waals surface area contributed by atoms with Gasteiger partial charge in [-0.25, -0.2) is 4.98 Å². The molecule has 0 unspecified atom stereocenters. The molecule has 30 heavy (non-hydrogen) atoms. The lowest BCUT2D eigenvalue weighted by Crippen LogP contribution is -2.23. The molecule has 4 nitrogen and oxygen atoms in total. The van der Waals surface area contributed by atoms with Crippen LogP contribution in [-0.4, -0.2) is 10.9 Å². The van der Waals surface area contributed by atoms with Crippen molar-refractivity contribution < 1.29 is 4.79 Å². The van der Waals surface area contributed by atoms with Gasteiger partial charge >= 0.3 is 0 Å². The van der Waals surface area contributed by atoms with Crippen molar-refractivity contribution in [2.75, 3.05) is 0 Å². The summed E-state index contributed by atoms with van der Waals surface area (Å²) in [7, 11) is 0. The molecule has 0 saturated heterocycles. The highest BCUT2D eigenvalue weighted by Crippen LogP contribution is 2.32. The van der Waals surface area contributed by atoms with Crippen molar-refractivity contribution in [1.29, 1.82) is 5.26 Å². The molecule has 4 aromatic rings. The van der Waals surface area contributed by atoms with Gasteiger partial charge in [0.15, 0.2) is 0 Å². The molecule has 0 spiro atoms. The van der Waals surface area contributed by atoms with Crippen molar-refractivity contribution in [1.82, 2.24) is 10.3 Å². The summed E-state index contributed by atoms with van der Waals surface area (Å²) < 4.78 is 0. The lowest BCUT2D eigenvalue weighted by Gasteiger charge is -2.10. The number of benzene rings is 3. The van der Waals surface area contributed by atoms with Gasteiger partial charge in [-0.1, -0.05) is 66.4 Å². The monoisotopic (exact) mass is 427 g/mol. The van der Waals surface area contributed by atoms with Crippen LogP contribution in [0.4, 0.5) is 0 Å². The summed E-state index contributed by atoms with van der Waals surface area (Å²) in [5, 5.41) is 15.2. The Morgan fingerprint density at radius 3 is 2.47 bits per heavy atom. The number of nitriles is 1. The molecule has 3 aromatic carbocycles. The number of nitrogens with zero attached hydrogens (tertiary/aromatic N) is 2. The highest BCUT2D eigenvalue weighted by Gasteiger charge is 2.14. The Morgan fingerprint density at radius 1 is 0.967 bits per heavy atom. The predicted octanol–water partition coefficient (Wildman–Crippen LogP) is 5.76. The SMILES string of the molecule is N#Cc1ccccc1Sc1ccccc1C(=O)NCc1csc(-c2ccccc2)n1. The molecule has 6 heteroatoms. The summed E-state index contributed by atoms with van der Waals surface area (Å²) in [5.41, 5.74) is 3.06. The van der Waals surface area contributed by atoms with Crippen LogP contribution in [-0.2, 0) is 6.54 Å². The minimum atomic E-state index is -0.165. The number of amides is 1. The van der Waals surface area contributed by atoms with Crippen molar-refractivity contribution in [2.45, 2.75) is 16.3 Å². The highest BCUT2D eigenvalue weighted by atomic mass is 32.2. The smallest absolute Gasteiger partial charge is 0.252 e. The molecule has 1 aromatic heterocycles. The first-order valence-corrected chi connectivity index (χ1v) is 11.0. The maximum Gasteiger partial charge on any atom is 0.252 e. The Bertz CT molecular complexity index is 1210. The fourth-order valence-corrected chi connectivity index (χ4v) is 4.73. The van der Waals surface area contributed by atoms with Gasteiger partial charge in [0.05, 0.1) is 23.4 Å². The van der Waals surface area contributed by atoms with Crippen LogP contribution in [0.25, 0.3) is 10.6 Å². The first-order chi connectivity index (χ1) is 14.7. The van der Waals surface area contributed by atoms with Crippen LogP contribution in [0.1, 0.15) is 21.6 Å². The lowest BCUT2D eigenvalue weighted by atomic mass is 10.2. The number of carbonyl (C=O) groups is 1. The molecule has 1 amide bonds. The van der Waals surface area contributed by atoms with Gasteiger partial charge in [0.25, 0.3) is 5.91 Å². The van der Waals surface area contributed by atoms with Gasteiger partial charge in [0, 0.05) is 20.7 Å². The number of carbonyl (C=O) groups excluding carboxylic acids is 1. The normalized spacial score (nSPS) is 10.4. The summed E-state index contributed by atoms with van der Waals surface area (Å²) in [4.78, 5) is 19.1. The second-order valence-electron chi connectivity index (χ2n) is 6.40. The Balaban J connectivity index is 1.47. The van der Waals surface area contributed by atoms with Gasteiger partial charge < -0.3 is 5.32 Å². The van der Waals surface area contributed by atoms with E-state index in [4.69, 9.17) is 0 Å². The van der Waals surface area contributed by atoms with E-state index < -0.39 is 0 Å². The lowest BCUT2D eigenvalue weighted by molar-refractivity contribution is 0.0947. The molecule has 0 bridgehead atoms. The molecular weight excluding hydrogens is 410 g/mol. The summed E-state index contributed by atoms with van der Waals surface area (Å²) >= 11 is 2.98. The molecule has 0 aliphatic carbocycles. The molecule has 146 valence electrons. The van der Waals surface area contributed by atoms with Gasteiger partial charge in [-0.05, 0) is 24.3 Å². The van der Waals surface area contributed by atoms with Gasteiger partial charge in [-0.3, -0.25) is 4.79 Å². The van der Waals surface area contributed by atoms with Gasteiger partial charge in [-0.2, -0.15) is 5.26 Å². The first-order valence-electron chi connectivity index (χ1n) is 9.28. The van der Waals surface area contributed by atoms with Crippen LogP contribution in [0.2, 0.25) is 0 Å². The molecule has 0 fully saturated rings. The molecule has 1 N–H and O–H groups in total. The summed E-state index contributed by atoms with van der Waals surface area (Å²) in [6, 6.07) is 27.0. The zero-order valence-electron chi connectivity index (χ0n) is 15.9. The van der Waals surface area contributed by atoms with Crippen molar-refractivity contribution in [2.24, 2.45) is 0 Å². The average molecular weight is 428 g/mol. The van der Waals surface area contributed by atoms with E-state index in [1.54, 1.807) is 23.5 Å². The van der Waals surface area contributed by atoms with Crippen LogP contribution in [0.15, 0.2) is 94.0 Å². The zero-order chi connectivity index (χ0) is 20.8. The number of rotatable bonds is 6. The van der Waals surface area contributed by atoms with Crippen molar-refractivity contribution >= 4 is 29.0 Å². The predicted molar refractivity (Wildman–Crippen MR) is 120 cm³/mol. The molecule has 4 rings (SSSR count). The van der Waals surface area contributed by atoms with Crippen LogP contribution in [0.3, 0.4) is 0 Å². The van der Waals surface area contributed by atoms with E-state index in [0.29, 0.717) is 17.7 Å². The van der Waals surface area contributed by atoms with Crippen molar-refractivity contribution in [3.63, 3.8) is 0 Å². The van der Waals surface area contributed by atoms with Crippen LogP contribution in [0, 0.1) is 11.3 Å². The van der Waals surface area contributed by atoms with Crippen molar-refractivity contribution in [3.05, 3.63) is 101 Å². The fourth-order valence-electron chi connectivity index (χ4n) is 2.88. The van der Waals surface area contributed by atoms with E-state index >= 15 is 0 Å². The highest BCUT2D eigenvalue weighted by molar-refractivity contribution is 7.99. The third-order valence-corrected chi connectivity index (χ3v) is 6.45. The van der Waals surface area contributed by atoms with E-state index in [-0.39, 0.29) is 5.91 Å². The number of hydrogen-bond donors (Lipinski definition) is 1. The largest absolute Gasteiger partial charge is 0.346 e. The molecular formula is C24H17N3OS2. The summed E-state index contributed by atoms with van der Waals surface area (Å²) in [6.45, 7) is 0.357. The zero-order valence-corrected chi connectivity index (χ0v) is 17.5. The third-order valence-electron chi connectivity index (χ3n) is 4.36. The molecule has 0 aliphatic heterocycles. The third kappa shape index (κ3) is 4.60. The summed E-state index contributed by atoms with van der Waals surface area (Å²) in [6.07, 6.45) is 0. The topological polar surface area (TPSA) is 65.8 Å². The number of nitrogens with one attached hydrogen (secondary N) is 1. The second-order valence-corrected chi connectivity index (χ2v) is 8.34. The van der Waals surface area contributed by atoms with E-state index in [0.717, 1.165) is 26.1 Å². The van der Waals surface area contributed by atoms with E-state index in [1.807, 2.05) is 72.1 Å². The van der Waals surface area contributed by atoms with Gasteiger partial charge in [0.1, 0.15) is 11.1 Å². The molecule has 0 aliphatic rings. The Hall–Kier alpha value is -3.40. The Labute approximate surface area is 183 Å². The summed E-state index contributed by atoms with van der Waals surface area (Å²) in [5.74, 6) is -0.165. The van der Waals surface area contributed by atoms with E-state index in [9.17, 15) is 10.1 Å². The van der Waals surface area contributed by atoms with Crippen LogP contribution >= 0.6 is 23.1 Å². The maximum atomic E-state index is 12.8. The number of aromatic nitrogens is 1. The van der Waals surface area contributed by atoms with Crippen LogP contribution < -0.4 is 5.32 Å². The van der Waals surface area contributed by atoms with E-state index in [2.05, 4.69) is 16.4 Å². The van der Waals surface area contributed by atoms with Gasteiger partial charge in [-0.15, -0.1) is 11.3 Å². The second kappa shape index (κ2) is 9.40. The quantitative estimate of drug-likeness (QED) is 0.425. The standard InChI is InChI=1S/C24H17N3OS2/c25-14-18-10-4-6-12-21(18)30-22-13-7-5-11-20(22)23(28)26-15-19-16-29-24(27-19)17-8-2-1-3-9-17/h1-13,16H,15H2,(H,26,28). The molecule has 0 radical (unpaired) electrons. The minimum absolute atomic E-state index is 0.165.